The molecule has 0 amide bonds. The van der Waals surface area contributed by atoms with Gasteiger partial charge in [0.25, 0.3) is 0 Å². The molecule has 4 aromatic rings. The van der Waals surface area contributed by atoms with E-state index in [-0.39, 0.29) is 61.0 Å². The molecular formula is C34H38F3N7OS. The summed E-state index contributed by atoms with van der Waals surface area (Å²) >= 11 is 0.946. The Balaban J connectivity index is 1.35. The number of fused-ring (bicyclic) bond motifs is 3. The highest BCUT2D eigenvalue weighted by atomic mass is 32.1. The van der Waals surface area contributed by atoms with Crippen LogP contribution in [0.3, 0.4) is 0 Å². The predicted molar refractivity (Wildman–Crippen MR) is 175 cm³/mol. The van der Waals surface area contributed by atoms with Gasteiger partial charge >= 0.3 is 6.01 Å². The fourth-order valence-corrected chi connectivity index (χ4v) is 9.17. The number of halogens is 3. The number of nitrogen functional groups attached to an aromatic ring is 1. The Morgan fingerprint density at radius 3 is 2.63 bits per heavy atom. The zero-order valence-electron chi connectivity index (χ0n) is 26.4. The van der Waals surface area contributed by atoms with Crippen LogP contribution in [-0.2, 0) is 0 Å². The summed E-state index contributed by atoms with van der Waals surface area (Å²) in [4.78, 5) is 18.2. The average molecular weight is 650 g/mol. The summed E-state index contributed by atoms with van der Waals surface area (Å²) in [5, 5.41) is 10.6. The number of nitriles is 1. The monoisotopic (exact) mass is 649 g/mol. The molecule has 0 aliphatic heterocycles. The average Bonchev–Trinajstić information content (AvgIpc) is 3.58. The Bertz CT molecular complexity index is 1870. The molecule has 0 bridgehead atoms. The maximum Gasteiger partial charge on any atom is 0.319 e. The Hall–Kier alpha value is -3.69. The van der Waals surface area contributed by atoms with E-state index >= 15 is 4.39 Å². The lowest BCUT2D eigenvalue weighted by Gasteiger charge is -2.49. The standard InChI is InChI=1S/C34H38F3N7OS/c1-43(2)34(12-5-13-34)17-44(3)31-23-16-40-27(21-9-10-24(36)29-25(21)22(15-38)30(39)46-29)26(37)28(23)41-32(42-31)45-18-33-11-4-6-19(33)7-8-20(35)14-33/h9-10,16,19-20H,4-8,11-14,17-18,39H2,1-3H3/t19?,20-,33-/m0/s1. The second kappa shape index (κ2) is 11.5. The van der Waals surface area contributed by atoms with Crippen LogP contribution in [0.2, 0.25) is 0 Å². The SMILES string of the molecule is CN(CC1(N(C)C)CCC1)c1nc(OC[C@@]23CCCC2CC[C@H](F)C3)nc2c(F)c(-c3ccc(F)c4sc(N)c(C#N)c34)ncc12. The molecule has 3 heterocycles. The van der Waals surface area contributed by atoms with E-state index < -0.39 is 17.8 Å². The van der Waals surface area contributed by atoms with E-state index in [0.717, 1.165) is 56.3 Å². The zero-order valence-corrected chi connectivity index (χ0v) is 27.2. The molecule has 242 valence electrons. The highest BCUT2D eigenvalue weighted by molar-refractivity contribution is 7.23. The normalized spacial score (nSPS) is 23.8. The van der Waals surface area contributed by atoms with Crippen molar-refractivity contribution in [2.75, 3.05) is 44.9 Å². The van der Waals surface area contributed by atoms with Gasteiger partial charge in [-0.2, -0.15) is 15.2 Å². The van der Waals surface area contributed by atoms with Crippen molar-refractivity contribution in [3.8, 4) is 23.3 Å². The highest BCUT2D eigenvalue weighted by Crippen LogP contribution is 2.53. The Labute approximate surface area is 270 Å². The van der Waals surface area contributed by atoms with Gasteiger partial charge in [-0.1, -0.05) is 6.42 Å². The minimum Gasteiger partial charge on any atom is -0.463 e. The van der Waals surface area contributed by atoms with E-state index in [0.29, 0.717) is 36.5 Å². The van der Waals surface area contributed by atoms with Gasteiger partial charge in [-0.3, -0.25) is 4.98 Å². The smallest absolute Gasteiger partial charge is 0.319 e. The molecule has 2 N–H and O–H groups in total. The zero-order chi connectivity index (χ0) is 32.4. The Kier molecular flexibility index (Phi) is 7.75. The molecule has 3 fully saturated rings. The van der Waals surface area contributed by atoms with Gasteiger partial charge < -0.3 is 20.3 Å². The number of thiophene rings is 1. The number of nitrogens with zero attached hydrogens (tertiary/aromatic N) is 6. The number of nitrogens with two attached hydrogens (primary N) is 1. The van der Waals surface area contributed by atoms with Gasteiger partial charge in [0.2, 0.25) is 0 Å². The third kappa shape index (κ3) is 4.94. The number of hydrogen-bond donors (Lipinski definition) is 1. The summed E-state index contributed by atoms with van der Waals surface area (Å²) < 4.78 is 52.7. The van der Waals surface area contributed by atoms with Gasteiger partial charge in [-0.25, -0.2) is 13.2 Å². The largest absolute Gasteiger partial charge is 0.463 e. The maximum atomic E-state index is 16.8. The summed E-state index contributed by atoms with van der Waals surface area (Å²) in [6.45, 7) is 0.926. The van der Waals surface area contributed by atoms with Crippen LogP contribution in [0.25, 0.3) is 32.2 Å². The molecule has 1 aromatic carbocycles. The first-order chi connectivity index (χ1) is 22.1. The Morgan fingerprint density at radius 1 is 1.11 bits per heavy atom. The van der Waals surface area contributed by atoms with E-state index in [4.69, 9.17) is 15.5 Å². The van der Waals surface area contributed by atoms with Gasteiger partial charge in [0.05, 0.1) is 22.3 Å². The Morgan fingerprint density at radius 2 is 1.91 bits per heavy atom. The van der Waals surface area contributed by atoms with Crippen molar-refractivity contribution in [3.05, 3.63) is 35.5 Å². The van der Waals surface area contributed by atoms with Crippen LogP contribution in [0, 0.1) is 34.3 Å². The first-order valence-corrected chi connectivity index (χ1v) is 16.8. The van der Waals surface area contributed by atoms with Crippen LogP contribution >= 0.6 is 11.3 Å². The lowest BCUT2D eigenvalue weighted by Crippen LogP contribution is -2.56. The van der Waals surface area contributed by atoms with Crippen molar-refractivity contribution in [1.29, 1.82) is 5.26 Å². The van der Waals surface area contributed by atoms with Gasteiger partial charge in [0.1, 0.15) is 40.1 Å². The molecule has 46 heavy (non-hydrogen) atoms. The number of pyridine rings is 1. The summed E-state index contributed by atoms with van der Waals surface area (Å²) in [5.74, 6) is -0.402. The van der Waals surface area contributed by atoms with E-state index in [1.165, 1.54) is 18.3 Å². The van der Waals surface area contributed by atoms with Crippen LogP contribution < -0.4 is 15.4 Å². The lowest BCUT2D eigenvalue weighted by molar-refractivity contribution is 0.0176. The van der Waals surface area contributed by atoms with Crippen molar-refractivity contribution >= 4 is 43.1 Å². The molecule has 3 atom stereocenters. The van der Waals surface area contributed by atoms with Crippen molar-refractivity contribution in [1.82, 2.24) is 19.9 Å². The first-order valence-electron chi connectivity index (χ1n) is 16.0. The van der Waals surface area contributed by atoms with Crippen LogP contribution in [0.15, 0.2) is 18.3 Å². The fraction of sp³-hybridized carbons (Fsp3) is 0.529. The molecule has 3 aliphatic rings. The van der Waals surface area contributed by atoms with Crippen molar-refractivity contribution in [2.24, 2.45) is 11.3 Å². The fourth-order valence-electron chi connectivity index (χ4n) is 8.22. The maximum absolute atomic E-state index is 16.8. The second-order valence-corrected chi connectivity index (χ2v) is 14.8. The molecule has 0 radical (unpaired) electrons. The summed E-state index contributed by atoms with van der Waals surface area (Å²) in [6.07, 6.45) is 8.74. The molecule has 7 rings (SSSR count). The van der Waals surface area contributed by atoms with E-state index in [9.17, 15) is 14.0 Å². The van der Waals surface area contributed by atoms with Crippen molar-refractivity contribution < 1.29 is 17.9 Å². The number of benzene rings is 1. The predicted octanol–water partition coefficient (Wildman–Crippen LogP) is 7.25. The lowest BCUT2D eigenvalue weighted by atomic mass is 9.68. The van der Waals surface area contributed by atoms with Gasteiger partial charge in [0, 0.05) is 41.7 Å². The quantitative estimate of drug-likeness (QED) is 0.213. The number of ether oxygens (including phenoxy) is 1. The number of aromatic nitrogens is 3. The minimum absolute atomic E-state index is 0.0102. The molecule has 8 nitrogen and oxygen atoms in total. The molecule has 3 aromatic heterocycles. The summed E-state index contributed by atoms with van der Waals surface area (Å²) in [7, 11) is 6.07. The van der Waals surface area contributed by atoms with Gasteiger partial charge in [-0.05, 0) is 83.5 Å². The second-order valence-electron chi connectivity index (χ2n) is 13.7. The molecular weight excluding hydrogens is 611 g/mol. The highest BCUT2D eigenvalue weighted by Gasteiger charge is 2.48. The van der Waals surface area contributed by atoms with Gasteiger partial charge in [0.15, 0.2) is 5.82 Å². The van der Waals surface area contributed by atoms with Crippen molar-refractivity contribution in [2.45, 2.75) is 69.5 Å². The van der Waals surface area contributed by atoms with Crippen LogP contribution in [0.5, 0.6) is 6.01 Å². The molecule has 0 spiro atoms. The number of hydrogen-bond acceptors (Lipinski definition) is 9. The molecule has 3 aliphatic carbocycles. The third-order valence-corrected chi connectivity index (χ3v) is 12.0. The van der Waals surface area contributed by atoms with Crippen LogP contribution in [0.4, 0.5) is 24.0 Å². The number of likely N-dealkylation sites (N-methyl/N-ethyl adjacent to an activating group) is 2. The van der Waals surface area contributed by atoms with Crippen molar-refractivity contribution in [3.63, 3.8) is 0 Å². The molecule has 1 unspecified atom stereocenters. The molecule has 12 heteroatoms. The number of rotatable bonds is 8. The minimum atomic E-state index is -0.857. The van der Waals surface area contributed by atoms with Gasteiger partial charge in [-0.15, -0.1) is 11.3 Å². The number of anilines is 2. The molecule has 0 saturated heterocycles. The topological polar surface area (TPSA) is 104 Å². The first kappa shape index (κ1) is 30.9. The van der Waals surface area contributed by atoms with Crippen LogP contribution in [-0.4, -0.2) is 65.9 Å². The molecule has 3 saturated carbocycles. The van der Waals surface area contributed by atoms with E-state index in [2.05, 4.69) is 29.0 Å². The van der Waals surface area contributed by atoms with Crippen LogP contribution in [0.1, 0.15) is 63.4 Å². The van der Waals surface area contributed by atoms with E-state index in [1.54, 1.807) is 0 Å². The third-order valence-electron chi connectivity index (χ3n) is 11.0. The summed E-state index contributed by atoms with van der Waals surface area (Å²) in [6, 6.07) is 4.72. The van der Waals surface area contributed by atoms with E-state index in [1.807, 2.05) is 18.0 Å². The summed E-state index contributed by atoms with van der Waals surface area (Å²) in [5.41, 5.74) is 6.00. The number of alkyl halides is 1.